The fourth-order valence-corrected chi connectivity index (χ4v) is 2.04. The summed E-state index contributed by atoms with van der Waals surface area (Å²) in [5, 5.41) is 22.0. The molecule has 0 heterocycles. The monoisotopic (exact) mass is 268 g/mol. The first-order valence-electron chi connectivity index (χ1n) is 6.28. The lowest BCUT2D eigenvalue weighted by Crippen LogP contribution is -2.09. The molecule has 1 atom stereocenters. The summed E-state index contributed by atoms with van der Waals surface area (Å²) < 4.78 is 5.29. The molecule has 0 radical (unpaired) electrons. The highest BCUT2D eigenvalue weighted by Crippen LogP contribution is 2.31. The van der Waals surface area contributed by atoms with Gasteiger partial charge in [0.2, 0.25) is 0 Å². The van der Waals surface area contributed by atoms with Crippen molar-refractivity contribution >= 4 is 5.69 Å². The third-order valence-electron chi connectivity index (χ3n) is 3.10. The number of aromatic hydroxyl groups is 1. The molecule has 0 spiro atoms. The Bertz CT molecular complexity index is 647. The smallest absolute Gasteiger partial charge is 0.143 e. The number of para-hydroxylation sites is 1. The molecule has 102 valence electrons. The van der Waals surface area contributed by atoms with Gasteiger partial charge in [0.25, 0.3) is 0 Å². The number of phenolic OH excluding ortho intramolecular Hbond substituents is 1. The Labute approximate surface area is 118 Å². The van der Waals surface area contributed by atoms with E-state index in [1.165, 1.54) is 0 Å². The summed E-state index contributed by atoms with van der Waals surface area (Å²) in [6.45, 7) is 1.96. The molecule has 0 fully saturated rings. The van der Waals surface area contributed by atoms with Gasteiger partial charge < -0.3 is 15.2 Å². The second kappa shape index (κ2) is 5.98. The number of anilines is 1. The Morgan fingerprint density at radius 3 is 2.65 bits per heavy atom. The van der Waals surface area contributed by atoms with Crippen LogP contribution in [-0.2, 0) is 0 Å². The third kappa shape index (κ3) is 2.83. The maximum atomic E-state index is 9.52. The molecule has 1 unspecified atom stereocenters. The highest BCUT2D eigenvalue weighted by Gasteiger charge is 2.13. The molecule has 4 heteroatoms. The minimum absolute atomic E-state index is 0.0644. The second-order valence-electron chi connectivity index (χ2n) is 4.46. The normalized spacial score (nSPS) is 11.4. The molecule has 2 N–H and O–H groups in total. The van der Waals surface area contributed by atoms with Crippen molar-refractivity contribution in [3.63, 3.8) is 0 Å². The minimum Gasteiger partial charge on any atom is -0.508 e. The largest absolute Gasteiger partial charge is 0.508 e. The van der Waals surface area contributed by atoms with Crippen LogP contribution in [0.1, 0.15) is 24.1 Å². The number of methoxy groups -OCH3 is 1. The number of nitrogens with one attached hydrogen (secondary N) is 1. The van der Waals surface area contributed by atoms with Gasteiger partial charge in [-0.3, -0.25) is 0 Å². The molecule has 20 heavy (non-hydrogen) atoms. The van der Waals surface area contributed by atoms with Crippen molar-refractivity contribution < 1.29 is 9.84 Å². The molecule has 0 amide bonds. The number of benzene rings is 2. The molecular formula is C16H16N2O2. The summed E-state index contributed by atoms with van der Waals surface area (Å²) in [6.07, 6.45) is 0. The van der Waals surface area contributed by atoms with E-state index in [2.05, 4.69) is 11.4 Å². The number of phenols is 1. The fraction of sp³-hybridized carbons (Fsp3) is 0.188. The van der Waals surface area contributed by atoms with Crippen LogP contribution in [0, 0.1) is 11.3 Å². The van der Waals surface area contributed by atoms with Gasteiger partial charge in [-0.1, -0.05) is 18.2 Å². The maximum absolute atomic E-state index is 9.52. The van der Waals surface area contributed by atoms with Gasteiger partial charge in [-0.25, -0.2) is 0 Å². The van der Waals surface area contributed by atoms with E-state index in [0.717, 1.165) is 5.56 Å². The van der Waals surface area contributed by atoms with Crippen molar-refractivity contribution in [3.8, 4) is 17.6 Å². The molecule has 0 saturated carbocycles. The van der Waals surface area contributed by atoms with E-state index >= 15 is 0 Å². The molecule has 0 aliphatic heterocycles. The van der Waals surface area contributed by atoms with Crippen molar-refractivity contribution in [2.24, 2.45) is 0 Å². The molecule has 0 saturated heterocycles. The van der Waals surface area contributed by atoms with Gasteiger partial charge in [0.05, 0.1) is 18.4 Å². The van der Waals surface area contributed by atoms with E-state index in [4.69, 9.17) is 4.74 Å². The molecule has 4 nitrogen and oxygen atoms in total. The molecule has 0 bridgehead atoms. The van der Waals surface area contributed by atoms with E-state index in [9.17, 15) is 10.4 Å². The predicted molar refractivity (Wildman–Crippen MR) is 77.9 cm³/mol. The Kier molecular flexibility index (Phi) is 4.11. The maximum Gasteiger partial charge on any atom is 0.143 e. The van der Waals surface area contributed by atoms with Crippen molar-refractivity contribution in [2.45, 2.75) is 13.0 Å². The van der Waals surface area contributed by atoms with Gasteiger partial charge >= 0.3 is 0 Å². The lowest BCUT2D eigenvalue weighted by molar-refractivity contribution is 0.416. The number of nitrogens with zero attached hydrogens (tertiary/aromatic N) is 1. The lowest BCUT2D eigenvalue weighted by atomic mass is 10.1. The Hall–Kier alpha value is -2.67. The quantitative estimate of drug-likeness (QED) is 0.891. The predicted octanol–water partition coefficient (Wildman–Crippen LogP) is 3.45. The van der Waals surface area contributed by atoms with Gasteiger partial charge in [-0.05, 0) is 36.8 Å². The second-order valence-corrected chi connectivity index (χ2v) is 4.46. The summed E-state index contributed by atoms with van der Waals surface area (Å²) in [7, 11) is 1.57. The lowest BCUT2D eigenvalue weighted by Gasteiger charge is -2.19. The van der Waals surface area contributed by atoms with Crippen molar-refractivity contribution in [1.82, 2.24) is 0 Å². The van der Waals surface area contributed by atoms with Crippen molar-refractivity contribution in [1.29, 1.82) is 5.26 Å². The summed E-state index contributed by atoms with van der Waals surface area (Å²) >= 11 is 0. The first kappa shape index (κ1) is 13.8. The van der Waals surface area contributed by atoms with Crippen LogP contribution in [0.2, 0.25) is 0 Å². The number of nitriles is 1. The van der Waals surface area contributed by atoms with Crippen molar-refractivity contribution in [3.05, 3.63) is 53.6 Å². The molecule has 0 aromatic heterocycles. The molecule has 0 aliphatic carbocycles. The zero-order valence-corrected chi connectivity index (χ0v) is 11.4. The summed E-state index contributed by atoms with van der Waals surface area (Å²) in [5.74, 6) is 0.840. The standard InChI is InChI=1S/C16H16N2O2/c1-11(12-5-3-7-14(19)9-12)18-16-13(10-17)6-4-8-15(16)20-2/h3-9,11,18-19H,1-2H3. The molecule has 0 aliphatic rings. The highest BCUT2D eigenvalue weighted by molar-refractivity contribution is 5.67. The average Bonchev–Trinajstić information content (AvgIpc) is 2.47. The molecule has 2 aromatic carbocycles. The number of ether oxygens (including phenoxy) is 1. The van der Waals surface area contributed by atoms with Gasteiger partial charge in [-0.15, -0.1) is 0 Å². The van der Waals surface area contributed by atoms with E-state index in [1.807, 2.05) is 13.0 Å². The minimum atomic E-state index is -0.0644. The van der Waals surface area contributed by atoms with Crippen LogP contribution in [0.3, 0.4) is 0 Å². The Morgan fingerprint density at radius 2 is 2.00 bits per heavy atom. The van der Waals surface area contributed by atoms with Crippen LogP contribution in [0.15, 0.2) is 42.5 Å². The van der Waals surface area contributed by atoms with E-state index in [1.54, 1.807) is 43.5 Å². The Balaban J connectivity index is 2.32. The molecule has 2 rings (SSSR count). The van der Waals surface area contributed by atoms with Gasteiger partial charge in [0.15, 0.2) is 0 Å². The SMILES string of the molecule is COc1cccc(C#N)c1NC(C)c1cccc(O)c1. The van der Waals surface area contributed by atoms with Gasteiger partial charge in [0, 0.05) is 6.04 Å². The number of rotatable bonds is 4. The average molecular weight is 268 g/mol. The topological polar surface area (TPSA) is 65.3 Å². The molecule has 2 aromatic rings. The third-order valence-corrected chi connectivity index (χ3v) is 3.10. The van der Waals surface area contributed by atoms with Crippen LogP contribution in [0.4, 0.5) is 5.69 Å². The zero-order chi connectivity index (χ0) is 14.5. The van der Waals surface area contributed by atoms with Crippen LogP contribution < -0.4 is 10.1 Å². The van der Waals surface area contributed by atoms with E-state index < -0.39 is 0 Å². The van der Waals surface area contributed by atoms with Gasteiger partial charge in [0.1, 0.15) is 17.6 Å². The van der Waals surface area contributed by atoms with Crippen LogP contribution in [0.5, 0.6) is 11.5 Å². The first-order chi connectivity index (χ1) is 9.65. The van der Waals surface area contributed by atoms with Crippen molar-refractivity contribution in [2.75, 3.05) is 12.4 Å². The fourth-order valence-electron chi connectivity index (χ4n) is 2.04. The summed E-state index contributed by atoms with van der Waals surface area (Å²) in [5.41, 5.74) is 2.12. The van der Waals surface area contributed by atoms with Crippen LogP contribution in [0.25, 0.3) is 0 Å². The number of hydrogen-bond acceptors (Lipinski definition) is 4. The highest BCUT2D eigenvalue weighted by atomic mass is 16.5. The van der Waals surface area contributed by atoms with E-state index in [0.29, 0.717) is 17.0 Å². The summed E-state index contributed by atoms with van der Waals surface area (Å²) in [6, 6.07) is 14.4. The summed E-state index contributed by atoms with van der Waals surface area (Å²) in [4.78, 5) is 0. The van der Waals surface area contributed by atoms with E-state index in [-0.39, 0.29) is 11.8 Å². The van der Waals surface area contributed by atoms with Crippen LogP contribution >= 0.6 is 0 Å². The Morgan fingerprint density at radius 1 is 1.25 bits per heavy atom. The molecular weight excluding hydrogens is 252 g/mol. The van der Waals surface area contributed by atoms with Crippen LogP contribution in [-0.4, -0.2) is 12.2 Å². The first-order valence-corrected chi connectivity index (χ1v) is 6.28. The zero-order valence-electron chi connectivity index (χ0n) is 11.4. The van der Waals surface area contributed by atoms with Gasteiger partial charge in [-0.2, -0.15) is 5.26 Å². The number of hydrogen-bond donors (Lipinski definition) is 2.